The average molecular weight is 273 g/mol. The third-order valence-corrected chi connectivity index (χ3v) is 3.36. The van der Waals surface area contributed by atoms with Crippen molar-refractivity contribution >= 4 is 16.7 Å². The van der Waals surface area contributed by atoms with Crippen molar-refractivity contribution in [3.8, 4) is 5.75 Å². The van der Waals surface area contributed by atoms with Crippen LogP contribution in [0.4, 0.5) is 0 Å². The molecule has 2 N–H and O–H groups in total. The summed E-state index contributed by atoms with van der Waals surface area (Å²) >= 11 is 0. The molecule has 1 atom stereocenters. The van der Waals surface area contributed by atoms with Crippen molar-refractivity contribution in [2.24, 2.45) is 0 Å². The van der Waals surface area contributed by atoms with Crippen LogP contribution in [0.5, 0.6) is 5.75 Å². The zero-order valence-corrected chi connectivity index (χ0v) is 11.7. The largest absolute Gasteiger partial charge is 0.506 e. The van der Waals surface area contributed by atoms with Gasteiger partial charge in [0, 0.05) is 19.0 Å². The molecule has 0 fully saturated rings. The third-order valence-electron chi connectivity index (χ3n) is 3.36. The first-order valence-electron chi connectivity index (χ1n) is 6.65. The number of aliphatic hydroxyl groups excluding tert-OH is 1. The zero-order chi connectivity index (χ0) is 14.7. The summed E-state index contributed by atoms with van der Waals surface area (Å²) in [5.74, 6) is -0.231. The van der Waals surface area contributed by atoms with Crippen molar-refractivity contribution < 1.29 is 15.0 Å². The van der Waals surface area contributed by atoms with E-state index in [9.17, 15) is 15.0 Å². The summed E-state index contributed by atoms with van der Waals surface area (Å²) in [7, 11) is 1.67. The Hall–Kier alpha value is -2.07. The van der Waals surface area contributed by atoms with Crippen LogP contribution >= 0.6 is 0 Å². The number of amides is 1. The summed E-state index contributed by atoms with van der Waals surface area (Å²) in [5.41, 5.74) is 0.289. The molecule has 0 bridgehead atoms. The smallest absolute Gasteiger partial charge is 0.257 e. The Kier molecular flexibility index (Phi) is 4.25. The van der Waals surface area contributed by atoms with E-state index in [1.165, 1.54) is 4.90 Å². The van der Waals surface area contributed by atoms with Gasteiger partial charge in [-0.2, -0.15) is 0 Å². The monoisotopic (exact) mass is 273 g/mol. The summed E-state index contributed by atoms with van der Waals surface area (Å²) in [6, 6.07) is 10.9. The zero-order valence-electron chi connectivity index (χ0n) is 11.7. The van der Waals surface area contributed by atoms with Crippen LogP contribution in [-0.4, -0.2) is 40.7 Å². The number of hydrogen-bond acceptors (Lipinski definition) is 3. The van der Waals surface area contributed by atoms with Crippen LogP contribution in [0.3, 0.4) is 0 Å². The Morgan fingerprint density at radius 3 is 2.65 bits per heavy atom. The molecule has 0 saturated carbocycles. The normalized spacial score (nSPS) is 12.3. The van der Waals surface area contributed by atoms with Gasteiger partial charge in [0.2, 0.25) is 0 Å². The van der Waals surface area contributed by atoms with E-state index in [4.69, 9.17) is 0 Å². The molecular weight excluding hydrogens is 254 g/mol. The minimum atomic E-state index is -0.449. The van der Waals surface area contributed by atoms with E-state index < -0.39 is 6.10 Å². The number of hydrogen-bond donors (Lipinski definition) is 2. The highest BCUT2D eigenvalue weighted by Gasteiger charge is 2.17. The Labute approximate surface area is 118 Å². The van der Waals surface area contributed by atoms with Crippen molar-refractivity contribution in [3.05, 3.63) is 42.0 Å². The van der Waals surface area contributed by atoms with Crippen LogP contribution in [0.2, 0.25) is 0 Å². The van der Waals surface area contributed by atoms with E-state index in [2.05, 4.69) is 0 Å². The standard InChI is InChI=1S/C16H19NO3/c1-11(18)9-10-17(2)16(20)14-8-7-12-5-3-4-6-13(12)15(14)19/h3-8,11,18-19H,9-10H2,1-2H3. The maximum atomic E-state index is 12.3. The summed E-state index contributed by atoms with van der Waals surface area (Å²) in [4.78, 5) is 13.8. The summed E-state index contributed by atoms with van der Waals surface area (Å²) in [6.07, 6.45) is 0.0618. The van der Waals surface area contributed by atoms with Gasteiger partial charge in [0.25, 0.3) is 5.91 Å². The van der Waals surface area contributed by atoms with E-state index in [1.807, 2.05) is 24.3 Å². The molecule has 2 aromatic carbocycles. The van der Waals surface area contributed by atoms with E-state index >= 15 is 0 Å². The predicted molar refractivity (Wildman–Crippen MR) is 78.9 cm³/mol. The van der Waals surface area contributed by atoms with Crippen LogP contribution in [0.1, 0.15) is 23.7 Å². The number of phenols is 1. The maximum absolute atomic E-state index is 12.3. The van der Waals surface area contributed by atoms with Gasteiger partial charge in [-0.3, -0.25) is 4.79 Å². The average Bonchev–Trinajstić information content (AvgIpc) is 2.44. The number of benzene rings is 2. The lowest BCUT2D eigenvalue weighted by molar-refractivity contribution is 0.0766. The lowest BCUT2D eigenvalue weighted by atomic mass is 10.0. The van der Waals surface area contributed by atoms with Crippen LogP contribution in [0, 0.1) is 0 Å². The third kappa shape index (κ3) is 2.91. The van der Waals surface area contributed by atoms with Crippen molar-refractivity contribution in [2.75, 3.05) is 13.6 Å². The first-order valence-corrected chi connectivity index (χ1v) is 6.65. The van der Waals surface area contributed by atoms with Crippen molar-refractivity contribution in [1.82, 2.24) is 4.90 Å². The fourth-order valence-corrected chi connectivity index (χ4v) is 2.12. The molecule has 0 heterocycles. The van der Waals surface area contributed by atoms with Crippen LogP contribution in [-0.2, 0) is 0 Å². The molecule has 0 radical (unpaired) electrons. The highest BCUT2D eigenvalue weighted by molar-refractivity contribution is 6.03. The maximum Gasteiger partial charge on any atom is 0.257 e. The Morgan fingerprint density at radius 2 is 1.95 bits per heavy atom. The summed E-state index contributed by atoms with van der Waals surface area (Å²) in [5, 5.41) is 21.1. The first kappa shape index (κ1) is 14.3. The molecule has 0 aliphatic heterocycles. The van der Waals surface area contributed by atoms with Gasteiger partial charge in [0.1, 0.15) is 5.75 Å². The quantitative estimate of drug-likeness (QED) is 0.899. The topological polar surface area (TPSA) is 60.8 Å². The second kappa shape index (κ2) is 5.92. The van der Waals surface area contributed by atoms with Crippen LogP contribution in [0.25, 0.3) is 10.8 Å². The first-order chi connectivity index (χ1) is 9.50. The number of phenolic OH excluding ortho intramolecular Hbond substituents is 1. The molecule has 4 heteroatoms. The van der Waals surface area contributed by atoms with Gasteiger partial charge < -0.3 is 15.1 Å². The van der Waals surface area contributed by atoms with Gasteiger partial charge in [0.05, 0.1) is 11.7 Å². The SMILES string of the molecule is CC(O)CCN(C)C(=O)c1ccc2ccccc2c1O. The van der Waals surface area contributed by atoms with Crippen molar-refractivity contribution in [1.29, 1.82) is 0 Å². The Bertz CT molecular complexity index is 622. The molecule has 0 aromatic heterocycles. The summed E-state index contributed by atoms with van der Waals surface area (Å²) in [6.45, 7) is 2.13. The number of carbonyl (C=O) groups is 1. The van der Waals surface area contributed by atoms with Crippen molar-refractivity contribution in [2.45, 2.75) is 19.4 Å². The number of carbonyl (C=O) groups excluding carboxylic acids is 1. The molecule has 0 aliphatic carbocycles. The fourth-order valence-electron chi connectivity index (χ4n) is 2.12. The van der Waals surface area contributed by atoms with E-state index in [-0.39, 0.29) is 17.2 Å². The van der Waals surface area contributed by atoms with Gasteiger partial charge in [-0.25, -0.2) is 0 Å². The molecule has 0 spiro atoms. The second-order valence-electron chi connectivity index (χ2n) is 5.05. The molecule has 0 aliphatic rings. The summed E-state index contributed by atoms with van der Waals surface area (Å²) < 4.78 is 0. The molecule has 20 heavy (non-hydrogen) atoms. The molecule has 1 unspecified atom stereocenters. The van der Waals surface area contributed by atoms with Gasteiger partial charge in [-0.05, 0) is 24.8 Å². The van der Waals surface area contributed by atoms with Gasteiger partial charge in [-0.1, -0.05) is 30.3 Å². The molecule has 2 rings (SSSR count). The van der Waals surface area contributed by atoms with Crippen LogP contribution < -0.4 is 0 Å². The minimum Gasteiger partial charge on any atom is -0.506 e. The minimum absolute atomic E-state index is 0.0111. The Morgan fingerprint density at radius 1 is 1.25 bits per heavy atom. The second-order valence-corrected chi connectivity index (χ2v) is 5.05. The lowest BCUT2D eigenvalue weighted by Gasteiger charge is -2.19. The highest BCUT2D eigenvalue weighted by Crippen LogP contribution is 2.29. The fraction of sp³-hybridized carbons (Fsp3) is 0.312. The van der Waals surface area contributed by atoms with Crippen molar-refractivity contribution in [3.63, 3.8) is 0 Å². The van der Waals surface area contributed by atoms with E-state index in [0.29, 0.717) is 18.4 Å². The molecule has 106 valence electrons. The molecule has 0 saturated heterocycles. The molecule has 1 amide bonds. The molecule has 2 aromatic rings. The van der Waals surface area contributed by atoms with Gasteiger partial charge in [-0.15, -0.1) is 0 Å². The Balaban J connectivity index is 2.28. The highest BCUT2D eigenvalue weighted by atomic mass is 16.3. The number of aromatic hydroxyl groups is 1. The lowest BCUT2D eigenvalue weighted by Crippen LogP contribution is -2.29. The van der Waals surface area contributed by atoms with Gasteiger partial charge >= 0.3 is 0 Å². The number of rotatable bonds is 4. The van der Waals surface area contributed by atoms with Crippen LogP contribution in [0.15, 0.2) is 36.4 Å². The van der Waals surface area contributed by atoms with E-state index in [1.54, 1.807) is 26.1 Å². The number of nitrogens with zero attached hydrogens (tertiary/aromatic N) is 1. The van der Waals surface area contributed by atoms with E-state index in [0.717, 1.165) is 5.39 Å². The molecule has 4 nitrogen and oxygen atoms in total. The number of fused-ring (bicyclic) bond motifs is 1. The molecular formula is C16H19NO3. The predicted octanol–water partition coefficient (Wildman–Crippen LogP) is 2.39. The number of aliphatic hydroxyl groups is 1. The van der Waals surface area contributed by atoms with Gasteiger partial charge in [0.15, 0.2) is 0 Å².